The van der Waals surface area contributed by atoms with Crippen LogP contribution >= 0.6 is 11.3 Å². The van der Waals surface area contributed by atoms with Gasteiger partial charge in [0.15, 0.2) is 5.82 Å². The van der Waals surface area contributed by atoms with Gasteiger partial charge in [0.25, 0.3) is 0 Å². The number of hydrogen-bond acceptors (Lipinski definition) is 12. The summed E-state index contributed by atoms with van der Waals surface area (Å²) in [5.74, 6) is -0.371. The molecule has 2 fully saturated rings. The van der Waals surface area contributed by atoms with Crippen LogP contribution in [0.3, 0.4) is 0 Å². The summed E-state index contributed by atoms with van der Waals surface area (Å²) in [5.41, 5.74) is 12.5. The molecule has 0 unspecified atom stereocenters. The molecule has 3 aromatic rings. The highest BCUT2D eigenvalue weighted by atomic mass is 32.1. The number of Topliss-reactive ketones (excluding diaryl/α,β-unsaturated/α-hetero) is 1. The fraction of sp³-hybridized carbons (Fsp3) is 0.528. The van der Waals surface area contributed by atoms with Crippen molar-refractivity contribution in [3.05, 3.63) is 65.1 Å². The number of aliphatic hydroxyl groups excluding tert-OH is 2. The summed E-state index contributed by atoms with van der Waals surface area (Å²) in [7, 11) is 0. The van der Waals surface area contributed by atoms with Gasteiger partial charge in [0.1, 0.15) is 5.78 Å². The molecule has 0 aliphatic carbocycles. The number of piperazine rings is 1. The number of ketones is 1. The van der Waals surface area contributed by atoms with Crippen molar-refractivity contribution in [2.24, 2.45) is 11.3 Å². The molecule has 5 rings (SSSR count). The van der Waals surface area contributed by atoms with Gasteiger partial charge in [0.2, 0.25) is 5.91 Å². The molecule has 12 nitrogen and oxygen atoms in total. The highest BCUT2D eigenvalue weighted by molar-refractivity contribution is 7.13. The molecule has 4 heterocycles. The summed E-state index contributed by atoms with van der Waals surface area (Å²) in [4.78, 5) is 39.1. The van der Waals surface area contributed by atoms with Gasteiger partial charge < -0.3 is 31.1 Å². The van der Waals surface area contributed by atoms with Crippen LogP contribution in [0.25, 0.3) is 10.4 Å². The third-order valence-corrected chi connectivity index (χ3v) is 10.7. The lowest BCUT2D eigenvalue weighted by Gasteiger charge is -2.38. The number of rotatable bonds is 12. The molecule has 2 aliphatic heterocycles. The highest BCUT2D eigenvalue weighted by Crippen LogP contribution is 2.35. The second kappa shape index (κ2) is 15.3. The summed E-state index contributed by atoms with van der Waals surface area (Å²) in [6.45, 7) is 17.2. The number of likely N-dealkylation sites (tertiary alicyclic amines) is 1. The Morgan fingerprint density at radius 2 is 1.84 bits per heavy atom. The minimum absolute atomic E-state index is 0.00761. The number of β-amino-alcohol motifs (C(OH)–C–C–N with tert-alkyl or cyclic N) is 1. The normalized spacial score (nSPS) is 19.9. The first-order valence-electron chi connectivity index (χ1n) is 16.9. The minimum Gasteiger partial charge on any atom is -0.391 e. The summed E-state index contributed by atoms with van der Waals surface area (Å²) in [6.07, 6.45) is -0.166. The highest BCUT2D eigenvalue weighted by Gasteiger charge is 2.43. The Hall–Kier alpha value is -3.91. The summed E-state index contributed by atoms with van der Waals surface area (Å²) < 4.78 is 0. The van der Waals surface area contributed by atoms with E-state index in [1.54, 1.807) is 22.3 Å². The lowest BCUT2D eigenvalue weighted by atomic mass is 9.76. The first-order chi connectivity index (χ1) is 23.2. The van der Waals surface area contributed by atoms with Gasteiger partial charge in [-0.1, -0.05) is 51.6 Å². The predicted molar refractivity (Wildman–Crippen MR) is 193 cm³/mol. The molecule has 49 heavy (non-hydrogen) atoms. The van der Waals surface area contributed by atoms with E-state index in [1.165, 1.54) is 0 Å². The fourth-order valence-corrected chi connectivity index (χ4v) is 7.57. The fourth-order valence-electron chi connectivity index (χ4n) is 6.76. The van der Waals surface area contributed by atoms with E-state index in [1.807, 2.05) is 33.2 Å². The lowest BCUT2D eigenvalue weighted by Crippen LogP contribution is -2.49. The summed E-state index contributed by atoms with van der Waals surface area (Å²) >= 11 is 1.62. The number of carbonyl (C=O) groups excluding carboxylic acids is 2. The van der Waals surface area contributed by atoms with Crippen LogP contribution in [-0.4, -0.2) is 98.3 Å². The Morgan fingerprint density at radius 1 is 1.14 bits per heavy atom. The third kappa shape index (κ3) is 8.64. The topological polar surface area (TPSA) is 161 Å². The average molecular weight is 691 g/mol. The molecular weight excluding hydrogens is 641 g/mol. The number of aryl methyl sites for hydroxylation is 1. The van der Waals surface area contributed by atoms with E-state index >= 15 is 0 Å². The smallest absolute Gasteiger partial charge is 0.227 e. The quantitative estimate of drug-likeness (QED) is 0.220. The van der Waals surface area contributed by atoms with Crippen LogP contribution in [0, 0.1) is 18.3 Å². The van der Waals surface area contributed by atoms with Gasteiger partial charge in [-0.15, -0.1) is 16.4 Å². The molecule has 0 bridgehead atoms. The zero-order valence-electron chi connectivity index (χ0n) is 29.2. The van der Waals surface area contributed by atoms with Crippen LogP contribution in [0.2, 0.25) is 0 Å². The Balaban J connectivity index is 1.19. The number of thiazole rings is 1. The number of amides is 1. The SMILES string of the molecule is C=C(N[C@@H](C)c1ccc(-c2scnc2C)cc1)[C@@H]1C[C@@H](O)CN1C(=O)[C@@H](CC(=O)CN1CCN(c2cc(CO)nnc2N)CC1)C(C)(C)C. The zero-order chi connectivity index (χ0) is 35.5. The van der Waals surface area contributed by atoms with Gasteiger partial charge in [-0.25, -0.2) is 4.98 Å². The van der Waals surface area contributed by atoms with E-state index < -0.39 is 23.5 Å². The first-order valence-corrected chi connectivity index (χ1v) is 17.8. The Bertz CT molecular complexity index is 1630. The van der Waals surface area contributed by atoms with Crippen molar-refractivity contribution >= 4 is 34.5 Å². The Kier molecular flexibility index (Phi) is 11.4. The van der Waals surface area contributed by atoms with Crippen LogP contribution in [0.4, 0.5) is 11.5 Å². The van der Waals surface area contributed by atoms with Crippen LogP contribution < -0.4 is 16.0 Å². The predicted octanol–water partition coefficient (Wildman–Crippen LogP) is 3.55. The second-order valence-electron chi connectivity index (χ2n) is 14.4. The molecule has 0 saturated carbocycles. The van der Waals surface area contributed by atoms with Crippen molar-refractivity contribution < 1.29 is 19.8 Å². The molecule has 0 radical (unpaired) electrons. The number of carbonyl (C=O) groups is 2. The Labute approximate surface area is 293 Å². The van der Waals surface area contributed by atoms with E-state index in [2.05, 4.69) is 68.1 Å². The van der Waals surface area contributed by atoms with Gasteiger partial charge in [0, 0.05) is 63.2 Å². The van der Waals surface area contributed by atoms with E-state index in [-0.39, 0.29) is 43.8 Å². The zero-order valence-corrected chi connectivity index (χ0v) is 30.0. The Morgan fingerprint density at radius 3 is 2.45 bits per heavy atom. The molecule has 4 atom stereocenters. The van der Waals surface area contributed by atoms with Crippen molar-refractivity contribution in [3.8, 4) is 10.4 Å². The largest absolute Gasteiger partial charge is 0.391 e. The van der Waals surface area contributed by atoms with Crippen molar-refractivity contribution in [3.63, 3.8) is 0 Å². The van der Waals surface area contributed by atoms with Gasteiger partial charge >= 0.3 is 0 Å². The van der Waals surface area contributed by atoms with Gasteiger partial charge in [0.05, 0.1) is 52.8 Å². The summed E-state index contributed by atoms with van der Waals surface area (Å²) in [6, 6.07) is 9.66. The molecule has 264 valence electrons. The molecular formula is C36H50N8O4S. The number of nitrogens with zero attached hydrogens (tertiary/aromatic N) is 6. The maximum absolute atomic E-state index is 14.2. The van der Waals surface area contributed by atoms with Crippen LogP contribution in [0.15, 0.2) is 48.1 Å². The van der Waals surface area contributed by atoms with Crippen molar-refractivity contribution in [1.29, 1.82) is 0 Å². The van der Waals surface area contributed by atoms with Crippen LogP contribution in [0.5, 0.6) is 0 Å². The maximum atomic E-state index is 14.2. The number of hydrogen-bond donors (Lipinski definition) is 4. The molecule has 2 aromatic heterocycles. The molecule has 1 amide bonds. The van der Waals surface area contributed by atoms with E-state index in [9.17, 15) is 19.8 Å². The molecule has 13 heteroatoms. The monoisotopic (exact) mass is 690 g/mol. The van der Waals surface area contributed by atoms with Crippen molar-refractivity contribution in [2.45, 2.75) is 72.3 Å². The van der Waals surface area contributed by atoms with E-state index in [0.29, 0.717) is 49.8 Å². The van der Waals surface area contributed by atoms with Crippen molar-refractivity contribution in [1.82, 2.24) is 30.3 Å². The molecule has 5 N–H and O–H groups in total. The van der Waals surface area contributed by atoms with Gasteiger partial charge in [-0.3, -0.25) is 14.5 Å². The van der Waals surface area contributed by atoms with Crippen LogP contribution in [0.1, 0.15) is 63.5 Å². The van der Waals surface area contributed by atoms with Crippen molar-refractivity contribution in [2.75, 3.05) is 49.9 Å². The third-order valence-electron chi connectivity index (χ3n) is 9.69. The lowest BCUT2D eigenvalue weighted by molar-refractivity contribution is -0.142. The number of anilines is 2. The van der Waals surface area contributed by atoms with E-state index in [4.69, 9.17) is 5.73 Å². The number of nitrogens with two attached hydrogens (primary N) is 1. The maximum Gasteiger partial charge on any atom is 0.227 e. The van der Waals surface area contributed by atoms with Gasteiger partial charge in [-0.05, 0) is 36.5 Å². The first kappa shape index (κ1) is 36.4. The number of aliphatic hydroxyl groups is 2. The molecule has 2 saturated heterocycles. The second-order valence-corrected chi connectivity index (χ2v) is 15.2. The van der Waals surface area contributed by atoms with Crippen LogP contribution in [-0.2, 0) is 16.2 Å². The standard InChI is InChI=1S/C36H50N8O4S/c1-22(25-7-9-26(10-8-25)33-24(3)38-21-49-33)39-23(2)31-17-29(47)19-44(31)35(48)30(36(4,5)6)16-28(46)18-42-11-13-43(14-12-42)32-15-27(20-45)40-41-34(32)37/h7-10,15,21-22,29-31,39,45,47H,2,11-14,16-20H2,1,3-6H3,(H2,37,41)/t22-,29+,30+,31-/m0/s1. The number of aromatic nitrogens is 3. The molecule has 2 aliphatic rings. The minimum atomic E-state index is -0.671. The van der Waals surface area contributed by atoms with Gasteiger partial charge in [-0.2, -0.15) is 5.10 Å². The van der Waals surface area contributed by atoms with E-state index in [0.717, 1.165) is 27.4 Å². The average Bonchev–Trinajstić information content (AvgIpc) is 3.68. The number of nitrogens with one attached hydrogen (secondary N) is 1. The molecule has 1 aromatic carbocycles. The number of benzene rings is 1. The molecule has 0 spiro atoms. The number of nitrogen functional groups attached to an aromatic ring is 1. The summed E-state index contributed by atoms with van der Waals surface area (Å²) in [5, 5.41) is 31.5.